The van der Waals surface area contributed by atoms with E-state index >= 15 is 0 Å². The Bertz CT molecular complexity index is 668. The third-order valence-corrected chi connectivity index (χ3v) is 5.14. The zero-order valence-electron chi connectivity index (χ0n) is 11.7. The number of sulfone groups is 1. The van der Waals surface area contributed by atoms with Crippen LogP contribution < -0.4 is 4.90 Å². The van der Waals surface area contributed by atoms with Gasteiger partial charge in [-0.25, -0.2) is 8.42 Å². The zero-order chi connectivity index (χ0) is 15.6. The molecule has 0 aliphatic carbocycles. The molecule has 0 radical (unpaired) electrons. The molecule has 1 aliphatic rings. The molecule has 0 saturated heterocycles. The van der Waals surface area contributed by atoms with E-state index in [-0.39, 0.29) is 12.3 Å². The highest BCUT2D eigenvalue weighted by Gasteiger charge is 2.37. The van der Waals surface area contributed by atoms with E-state index in [0.29, 0.717) is 17.7 Å². The van der Waals surface area contributed by atoms with Crippen LogP contribution in [0.2, 0.25) is 0 Å². The van der Waals surface area contributed by atoms with Gasteiger partial charge in [0.1, 0.15) is 11.7 Å². The topological polar surface area (TPSA) is 91.8 Å². The number of nitrogens with zero attached hydrogens (tertiary/aromatic N) is 1. The van der Waals surface area contributed by atoms with Crippen LogP contribution in [0.15, 0.2) is 24.3 Å². The predicted octanol–water partition coefficient (Wildman–Crippen LogP) is 1.03. The Labute approximate surface area is 123 Å². The Hall–Kier alpha value is -1.89. The fourth-order valence-corrected chi connectivity index (χ4v) is 3.80. The van der Waals surface area contributed by atoms with Crippen LogP contribution in [0.3, 0.4) is 0 Å². The first-order valence-electron chi connectivity index (χ1n) is 6.68. The fraction of sp³-hybridized carbons (Fsp3) is 0.429. The molecule has 114 valence electrons. The highest BCUT2D eigenvalue weighted by Crippen LogP contribution is 2.36. The molecule has 1 amide bonds. The Kier molecular flexibility index (Phi) is 4.32. The van der Waals surface area contributed by atoms with Crippen molar-refractivity contribution < 1.29 is 23.1 Å². The van der Waals surface area contributed by atoms with Crippen LogP contribution in [0.5, 0.6) is 0 Å². The van der Waals surface area contributed by atoms with Gasteiger partial charge >= 0.3 is 5.97 Å². The monoisotopic (exact) mass is 311 g/mol. The second kappa shape index (κ2) is 5.85. The maximum absolute atomic E-state index is 12.2. The molecule has 6 nitrogen and oxygen atoms in total. The molecule has 0 bridgehead atoms. The van der Waals surface area contributed by atoms with Crippen molar-refractivity contribution in [1.82, 2.24) is 0 Å². The quantitative estimate of drug-likeness (QED) is 0.876. The molecule has 2 rings (SSSR count). The maximum atomic E-state index is 12.2. The molecule has 0 aromatic heterocycles. The van der Waals surface area contributed by atoms with Gasteiger partial charge < -0.3 is 10.0 Å². The number of anilines is 1. The number of para-hydroxylation sites is 1. The number of carboxylic acid groups (broad SMARTS) is 1. The lowest BCUT2D eigenvalue weighted by Crippen LogP contribution is -2.36. The van der Waals surface area contributed by atoms with Gasteiger partial charge in [-0.2, -0.15) is 0 Å². The van der Waals surface area contributed by atoms with Crippen LogP contribution in [-0.2, 0) is 19.4 Å². The maximum Gasteiger partial charge on any atom is 0.312 e. The number of fused-ring (bicyclic) bond motifs is 1. The average Bonchev–Trinajstić information content (AvgIpc) is 2.77. The third-order valence-electron chi connectivity index (χ3n) is 3.43. The highest BCUT2D eigenvalue weighted by atomic mass is 32.2. The van der Waals surface area contributed by atoms with Crippen LogP contribution in [0.25, 0.3) is 0 Å². The molecular formula is C14H17NO5S. The first kappa shape index (κ1) is 15.5. The molecular weight excluding hydrogens is 294 g/mol. The lowest BCUT2D eigenvalue weighted by molar-refractivity contribution is -0.138. The van der Waals surface area contributed by atoms with Crippen LogP contribution in [0, 0.1) is 0 Å². The van der Waals surface area contributed by atoms with Gasteiger partial charge in [0.25, 0.3) is 0 Å². The second-order valence-electron chi connectivity index (χ2n) is 5.05. The minimum Gasteiger partial charge on any atom is -0.481 e. The Balaban J connectivity index is 2.26. The van der Waals surface area contributed by atoms with E-state index in [2.05, 4.69) is 0 Å². The van der Waals surface area contributed by atoms with E-state index in [4.69, 9.17) is 0 Å². The van der Waals surface area contributed by atoms with Crippen LogP contribution in [0.4, 0.5) is 5.69 Å². The summed E-state index contributed by atoms with van der Waals surface area (Å²) >= 11 is 0. The summed E-state index contributed by atoms with van der Waals surface area (Å²) in [7, 11) is -3.45. The first-order valence-corrected chi connectivity index (χ1v) is 8.50. The lowest BCUT2D eigenvalue weighted by Gasteiger charge is -2.17. The Morgan fingerprint density at radius 2 is 2.00 bits per heavy atom. The second-order valence-corrected chi connectivity index (χ2v) is 7.23. The molecule has 21 heavy (non-hydrogen) atoms. The molecule has 1 aromatic rings. The number of hydrogen-bond donors (Lipinski definition) is 1. The van der Waals surface area contributed by atoms with E-state index in [1.165, 1.54) is 4.90 Å². The van der Waals surface area contributed by atoms with Gasteiger partial charge in [0, 0.05) is 12.2 Å². The number of rotatable bonds is 5. The van der Waals surface area contributed by atoms with Gasteiger partial charge in [-0.1, -0.05) is 25.1 Å². The molecule has 1 heterocycles. The SMILES string of the molecule is CCCS(=O)(=O)CC(=O)N1CC(C(=O)O)c2ccccc21. The highest BCUT2D eigenvalue weighted by molar-refractivity contribution is 7.92. The summed E-state index contributed by atoms with van der Waals surface area (Å²) in [4.78, 5) is 24.7. The fourth-order valence-electron chi connectivity index (χ4n) is 2.50. The Morgan fingerprint density at radius 3 is 2.62 bits per heavy atom. The molecule has 1 unspecified atom stereocenters. The van der Waals surface area contributed by atoms with Crippen molar-refractivity contribution in [3.05, 3.63) is 29.8 Å². The van der Waals surface area contributed by atoms with Crippen LogP contribution in [0.1, 0.15) is 24.8 Å². The largest absolute Gasteiger partial charge is 0.481 e. The van der Waals surface area contributed by atoms with Gasteiger partial charge in [0.15, 0.2) is 9.84 Å². The predicted molar refractivity (Wildman–Crippen MR) is 78.1 cm³/mol. The van der Waals surface area contributed by atoms with Gasteiger partial charge in [0.2, 0.25) is 5.91 Å². The van der Waals surface area contributed by atoms with Gasteiger partial charge in [-0.3, -0.25) is 9.59 Å². The van der Waals surface area contributed by atoms with Crippen LogP contribution in [-0.4, -0.2) is 43.5 Å². The van der Waals surface area contributed by atoms with E-state index in [9.17, 15) is 23.1 Å². The van der Waals surface area contributed by atoms with Crippen molar-refractivity contribution in [2.45, 2.75) is 19.3 Å². The molecule has 0 fully saturated rings. The summed E-state index contributed by atoms with van der Waals surface area (Å²) in [6, 6.07) is 6.70. The van der Waals surface area contributed by atoms with E-state index < -0.39 is 33.4 Å². The summed E-state index contributed by atoms with van der Waals surface area (Å²) in [5, 5.41) is 9.22. The number of amides is 1. The molecule has 1 atom stereocenters. The normalized spacial score (nSPS) is 17.6. The van der Waals surface area contributed by atoms with Crippen molar-refractivity contribution in [2.75, 3.05) is 23.0 Å². The number of carboxylic acids is 1. The van der Waals surface area contributed by atoms with Crippen molar-refractivity contribution in [2.24, 2.45) is 0 Å². The number of aliphatic carboxylic acids is 1. The summed E-state index contributed by atoms with van der Waals surface area (Å²) in [5.74, 6) is -3.02. The molecule has 1 aliphatic heterocycles. The molecule has 1 N–H and O–H groups in total. The van der Waals surface area contributed by atoms with Crippen molar-refractivity contribution >= 4 is 27.4 Å². The zero-order valence-corrected chi connectivity index (χ0v) is 12.5. The summed E-state index contributed by atoms with van der Waals surface area (Å²) in [5.41, 5.74) is 1.04. The first-order chi connectivity index (χ1) is 9.85. The number of hydrogen-bond acceptors (Lipinski definition) is 4. The smallest absolute Gasteiger partial charge is 0.312 e. The third kappa shape index (κ3) is 3.24. The lowest BCUT2D eigenvalue weighted by atomic mass is 10.0. The molecule has 0 spiro atoms. The van der Waals surface area contributed by atoms with E-state index in [1.807, 2.05) is 0 Å². The standard InChI is InChI=1S/C14H17NO5S/c1-2-7-21(19,20)9-13(16)15-8-11(14(17)18)10-5-3-4-6-12(10)15/h3-6,11H,2,7-9H2,1H3,(H,17,18). The molecule has 7 heteroatoms. The van der Waals surface area contributed by atoms with E-state index in [0.717, 1.165) is 0 Å². The van der Waals surface area contributed by atoms with Gasteiger partial charge in [0.05, 0.1) is 5.75 Å². The van der Waals surface area contributed by atoms with Crippen molar-refractivity contribution in [3.8, 4) is 0 Å². The van der Waals surface area contributed by atoms with Crippen LogP contribution >= 0.6 is 0 Å². The van der Waals surface area contributed by atoms with Gasteiger partial charge in [-0.05, 0) is 18.1 Å². The molecule has 1 aromatic carbocycles. The van der Waals surface area contributed by atoms with Gasteiger partial charge in [-0.15, -0.1) is 0 Å². The summed E-state index contributed by atoms with van der Waals surface area (Å²) in [6.45, 7) is 1.71. The summed E-state index contributed by atoms with van der Waals surface area (Å²) in [6.07, 6.45) is 0.448. The number of benzene rings is 1. The minimum absolute atomic E-state index is 0.0187. The van der Waals surface area contributed by atoms with E-state index in [1.54, 1.807) is 31.2 Å². The van der Waals surface area contributed by atoms with Crippen molar-refractivity contribution in [1.29, 1.82) is 0 Å². The molecule has 0 saturated carbocycles. The minimum atomic E-state index is -3.45. The average molecular weight is 311 g/mol. The van der Waals surface area contributed by atoms with Crippen molar-refractivity contribution in [3.63, 3.8) is 0 Å². The Morgan fingerprint density at radius 1 is 1.33 bits per heavy atom. The summed E-state index contributed by atoms with van der Waals surface area (Å²) < 4.78 is 23.5. The number of carbonyl (C=O) groups is 2. The number of carbonyl (C=O) groups excluding carboxylic acids is 1.